The number of nitrogens with one attached hydrogen (secondary N) is 1. The van der Waals surface area contributed by atoms with Crippen molar-refractivity contribution in [3.8, 4) is 0 Å². The van der Waals surface area contributed by atoms with Crippen molar-refractivity contribution < 1.29 is 18.0 Å². The average molecular weight is 437 g/mol. The van der Waals surface area contributed by atoms with Crippen LogP contribution in [-0.2, 0) is 11.6 Å². The van der Waals surface area contributed by atoms with Crippen molar-refractivity contribution in [2.45, 2.75) is 45.7 Å². The molecule has 1 N–H and O–H groups in total. The molecule has 168 valence electrons. The number of aromatic amines is 1. The van der Waals surface area contributed by atoms with Gasteiger partial charge in [-0.2, -0.15) is 13.2 Å². The van der Waals surface area contributed by atoms with Crippen molar-refractivity contribution in [2.24, 2.45) is 0 Å². The molecule has 0 atom stereocenters. The molecule has 0 spiro atoms. The first-order chi connectivity index (χ1) is 14.4. The molecule has 0 saturated carbocycles. The molecule has 10 heteroatoms. The van der Waals surface area contributed by atoms with Crippen molar-refractivity contribution in [1.29, 1.82) is 0 Å². The van der Waals surface area contributed by atoms with Gasteiger partial charge in [0, 0.05) is 37.8 Å². The Hall–Kier alpha value is -2.91. The van der Waals surface area contributed by atoms with E-state index >= 15 is 0 Å². The van der Waals surface area contributed by atoms with E-state index in [-0.39, 0.29) is 11.0 Å². The SMILES string of the molecule is Cc1nc(C(C)(C)C)[nH]c(=O)c1C(=O)N1CCCN(c2ccc(C(F)(F)F)cn2)CC1. The van der Waals surface area contributed by atoms with Crippen molar-refractivity contribution in [2.75, 3.05) is 31.1 Å². The number of alkyl halides is 3. The Bertz CT molecular complexity index is 1010. The lowest BCUT2D eigenvalue weighted by Gasteiger charge is -2.24. The van der Waals surface area contributed by atoms with Crippen LogP contribution >= 0.6 is 0 Å². The number of amides is 1. The molecule has 2 aromatic heterocycles. The number of pyridine rings is 1. The Kier molecular flexibility index (Phi) is 6.11. The van der Waals surface area contributed by atoms with Gasteiger partial charge in [-0.1, -0.05) is 20.8 Å². The summed E-state index contributed by atoms with van der Waals surface area (Å²) in [5.41, 5.74) is -1.22. The molecule has 0 aromatic carbocycles. The number of hydrogen-bond donors (Lipinski definition) is 1. The van der Waals surface area contributed by atoms with Gasteiger partial charge in [-0.3, -0.25) is 9.59 Å². The van der Waals surface area contributed by atoms with Gasteiger partial charge in [0.25, 0.3) is 11.5 Å². The molecule has 31 heavy (non-hydrogen) atoms. The van der Waals surface area contributed by atoms with Gasteiger partial charge in [0.15, 0.2) is 0 Å². The van der Waals surface area contributed by atoms with Gasteiger partial charge in [0.2, 0.25) is 0 Å². The Morgan fingerprint density at radius 1 is 1.10 bits per heavy atom. The second kappa shape index (κ2) is 8.32. The molecule has 1 amide bonds. The number of rotatable bonds is 2. The monoisotopic (exact) mass is 437 g/mol. The molecular weight excluding hydrogens is 411 g/mol. The zero-order valence-electron chi connectivity index (χ0n) is 18.0. The van der Waals surface area contributed by atoms with Gasteiger partial charge < -0.3 is 14.8 Å². The fourth-order valence-corrected chi connectivity index (χ4v) is 3.44. The van der Waals surface area contributed by atoms with Crippen LogP contribution in [0.1, 0.15) is 54.6 Å². The predicted octanol–water partition coefficient (Wildman–Crippen LogP) is 3.14. The lowest BCUT2D eigenvalue weighted by Crippen LogP contribution is -2.39. The second-order valence-corrected chi connectivity index (χ2v) is 8.66. The number of nitrogens with zero attached hydrogens (tertiary/aromatic N) is 4. The Labute approximate surface area is 178 Å². The number of H-pyrrole nitrogens is 1. The number of aryl methyl sites for hydroxylation is 1. The molecular formula is C21H26F3N5O2. The van der Waals surface area contributed by atoms with Gasteiger partial charge in [-0.15, -0.1) is 0 Å². The Morgan fingerprint density at radius 2 is 1.81 bits per heavy atom. The summed E-state index contributed by atoms with van der Waals surface area (Å²) in [5, 5.41) is 0. The van der Waals surface area contributed by atoms with Crippen LogP contribution in [0.15, 0.2) is 23.1 Å². The minimum absolute atomic E-state index is 0.0223. The number of anilines is 1. The van der Waals surface area contributed by atoms with Crippen LogP contribution in [0.3, 0.4) is 0 Å². The fourth-order valence-electron chi connectivity index (χ4n) is 3.44. The topological polar surface area (TPSA) is 82.2 Å². The molecule has 1 aliphatic heterocycles. The van der Waals surface area contributed by atoms with E-state index in [2.05, 4.69) is 15.0 Å². The van der Waals surface area contributed by atoms with E-state index in [0.29, 0.717) is 49.9 Å². The minimum Gasteiger partial charge on any atom is -0.355 e. The first-order valence-corrected chi connectivity index (χ1v) is 10.1. The maximum Gasteiger partial charge on any atom is 0.417 e. The fraction of sp³-hybridized carbons (Fsp3) is 0.524. The third kappa shape index (κ3) is 5.05. The molecule has 1 fully saturated rings. The van der Waals surface area contributed by atoms with Crippen LogP contribution in [0.5, 0.6) is 0 Å². The second-order valence-electron chi connectivity index (χ2n) is 8.66. The van der Waals surface area contributed by atoms with Gasteiger partial charge in [0.05, 0.1) is 11.3 Å². The summed E-state index contributed by atoms with van der Waals surface area (Å²) in [4.78, 5) is 40.2. The Morgan fingerprint density at radius 3 is 2.35 bits per heavy atom. The number of hydrogen-bond acceptors (Lipinski definition) is 5. The van der Waals surface area contributed by atoms with E-state index in [4.69, 9.17) is 0 Å². The maximum atomic E-state index is 13.1. The normalized spacial score (nSPS) is 15.7. The van der Waals surface area contributed by atoms with Crippen LogP contribution in [0.4, 0.5) is 19.0 Å². The average Bonchev–Trinajstić information content (AvgIpc) is 2.92. The van der Waals surface area contributed by atoms with Crippen LogP contribution < -0.4 is 10.5 Å². The summed E-state index contributed by atoms with van der Waals surface area (Å²) in [6, 6.07) is 2.34. The van der Waals surface area contributed by atoms with Crippen LogP contribution in [0.25, 0.3) is 0 Å². The number of carbonyl (C=O) groups is 1. The van der Waals surface area contributed by atoms with E-state index in [1.165, 1.54) is 6.07 Å². The molecule has 1 aliphatic rings. The van der Waals surface area contributed by atoms with E-state index < -0.39 is 23.2 Å². The molecule has 0 aliphatic carbocycles. The zero-order valence-corrected chi connectivity index (χ0v) is 18.0. The van der Waals surface area contributed by atoms with Crippen molar-refractivity contribution in [3.05, 3.63) is 51.3 Å². The molecule has 7 nitrogen and oxygen atoms in total. The first kappa shape index (κ1) is 22.8. The van der Waals surface area contributed by atoms with E-state index in [1.54, 1.807) is 11.8 Å². The van der Waals surface area contributed by atoms with Crippen LogP contribution in [-0.4, -0.2) is 51.9 Å². The summed E-state index contributed by atoms with van der Waals surface area (Å²) in [5.74, 6) is 0.545. The predicted molar refractivity (Wildman–Crippen MR) is 110 cm³/mol. The van der Waals surface area contributed by atoms with Gasteiger partial charge in [-0.05, 0) is 25.5 Å². The van der Waals surface area contributed by atoms with Crippen molar-refractivity contribution in [1.82, 2.24) is 19.9 Å². The molecule has 0 radical (unpaired) electrons. The minimum atomic E-state index is -4.44. The first-order valence-electron chi connectivity index (χ1n) is 10.1. The standard InChI is InChI=1S/C21H26F3N5O2/c1-13-16(17(30)27-19(26-13)20(2,3)4)18(31)29-9-5-8-28(10-11-29)15-7-6-14(12-25-15)21(22,23)24/h6-7,12H,5,8-11H2,1-4H3,(H,26,27,30). The van der Waals surface area contributed by atoms with E-state index in [0.717, 1.165) is 12.3 Å². The van der Waals surface area contributed by atoms with Crippen LogP contribution in [0, 0.1) is 6.92 Å². The molecule has 2 aromatic rings. The highest BCUT2D eigenvalue weighted by molar-refractivity contribution is 5.94. The summed E-state index contributed by atoms with van der Waals surface area (Å²) < 4.78 is 38.3. The summed E-state index contributed by atoms with van der Waals surface area (Å²) in [7, 11) is 0. The van der Waals surface area contributed by atoms with E-state index in [9.17, 15) is 22.8 Å². The zero-order chi connectivity index (χ0) is 23.0. The third-order valence-corrected chi connectivity index (χ3v) is 5.21. The molecule has 3 rings (SSSR count). The van der Waals surface area contributed by atoms with Gasteiger partial charge in [-0.25, -0.2) is 9.97 Å². The molecule has 0 unspecified atom stereocenters. The maximum absolute atomic E-state index is 13.1. The van der Waals surface area contributed by atoms with Gasteiger partial charge in [0.1, 0.15) is 17.2 Å². The highest BCUT2D eigenvalue weighted by atomic mass is 19.4. The Balaban J connectivity index is 1.75. The summed E-state index contributed by atoms with van der Waals surface area (Å²) in [6.45, 7) is 9.10. The molecule has 3 heterocycles. The van der Waals surface area contributed by atoms with Crippen molar-refractivity contribution in [3.63, 3.8) is 0 Å². The lowest BCUT2D eigenvalue weighted by atomic mass is 9.95. The van der Waals surface area contributed by atoms with Gasteiger partial charge >= 0.3 is 6.18 Å². The van der Waals surface area contributed by atoms with Crippen LogP contribution in [0.2, 0.25) is 0 Å². The highest BCUT2D eigenvalue weighted by Gasteiger charge is 2.31. The van der Waals surface area contributed by atoms with Crippen molar-refractivity contribution >= 4 is 11.7 Å². The number of halogens is 3. The number of aromatic nitrogens is 3. The molecule has 0 bridgehead atoms. The summed E-state index contributed by atoms with van der Waals surface area (Å²) in [6.07, 6.45) is -3.03. The lowest BCUT2D eigenvalue weighted by molar-refractivity contribution is -0.137. The quantitative estimate of drug-likeness (QED) is 0.781. The molecule has 1 saturated heterocycles. The smallest absolute Gasteiger partial charge is 0.355 e. The summed E-state index contributed by atoms with van der Waals surface area (Å²) >= 11 is 0. The third-order valence-electron chi connectivity index (χ3n) is 5.21. The largest absolute Gasteiger partial charge is 0.417 e. The highest BCUT2D eigenvalue weighted by Crippen LogP contribution is 2.29. The van der Waals surface area contributed by atoms with E-state index in [1.807, 2.05) is 25.7 Å². The number of carbonyl (C=O) groups excluding carboxylic acids is 1.